The van der Waals surface area contributed by atoms with Crippen molar-refractivity contribution in [2.45, 2.75) is 45.8 Å². The minimum Gasteiger partial charge on any atom is -0.294 e. The van der Waals surface area contributed by atoms with Gasteiger partial charge >= 0.3 is 0 Å². The van der Waals surface area contributed by atoms with Crippen LogP contribution in [0.2, 0.25) is 0 Å². The summed E-state index contributed by atoms with van der Waals surface area (Å²) in [6, 6.07) is 21.8. The summed E-state index contributed by atoms with van der Waals surface area (Å²) in [5, 5.41) is 8.96. The maximum atomic E-state index is 4.51. The highest BCUT2D eigenvalue weighted by atomic mass is 15.4. The summed E-state index contributed by atoms with van der Waals surface area (Å²) in [4.78, 5) is 2.59. The number of rotatable bonds is 4. The Morgan fingerprint density at radius 3 is 2.37 bits per heavy atom. The van der Waals surface area contributed by atoms with Gasteiger partial charge in [0.05, 0.1) is 12.2 Å². The lowest BCUT2D eigenvalue weighted by Gasteiger charge is -2.47. The van der Waals surface area contributed by atoms with Crippen LogP contribution < -0.4 is 0 Å². The lowest BCUT2D eigenvalue weighted by molar-refractivity contribution is 0.0187. The molecule has 1 aliphatic rings. The molecule has 0 amide bonds. The van der Waals surface area contributed by atoms with E-state index in [4.69, 9.17) is 0 Å². The normalized spacial score (nSPS) is 22.6. The topological polar surface area (TPSA) is 34.0 Å². The smallest absolute Gasteiger partial charge is 0.113 e. The molecule has 0 N–H and O–H groups in total. The number of piperidine rings is 1. The molecule has 1 saturated heterocycles. The van der Waals surface area contributed by atoms with Crippen molar-refractivity contribution in [3.63, 3.8) is 0 Å². The van der Waals surface area contributed by atoms with Crippen molar-refractivity contribution in [2.24, 2.45) is 5.41 Å². The third-order valence-corrected chi connectivity index (χ3v) is 5.67. The van der Waals surface area contributed by atoms with Gasteiger partial charge in [-0.05, 0) is 24.3 Å². The van der Waals surface area contributed by atoms with Crippen LogP contribution >= 0.6 is 0 Å². The van der Waals surface area contributed by atoms with Crippen molar-refractivity contribution in [2.75, 3.05) is 6.54 Å². The first-order chi connectivity index (χ1) is 13.0. The molecule has 4 nitrogen and oxygen atoms in total. The number of nitrogens with zero attached hydrogens (tertiary/aromatic N) is 4. The molecule has 3 aromatic rings. The van der Waals surface area contributed by atoms with Crippen LogP contribution in [0.3, 0.4) is 0 Å². The van der Waals surface area contributed by atoms with Crippen LogP contribution in [-0.2, 0) is 6.54 Å². The third-order valence-electron chi connectivity index (χ3n) is 5.67. The van der Waals surface area contributed by atoms with E-state index in [0.717, 1.165) is 30.8 Å². The standard InChI is InChI=1S/C23H28N4/c1-18-22(27-16-21(24-25-27)20-12-8-5-9-13-20)14-23(2,3)17-26(18)15-19-10-6-4-7-11-19/h4-13,16,18,22H,14-15,17H2,1-3H3/t18-,22+/m0/s1. The van der Waals surface area contributed by atoms with Gasteiger partial charge in [-0.3, -0.25) is 4.90 Å². The minimum absolute atomic E-state index is 0.241. The minimum atomic E-state index is 0.241. The SMILES string of the molecule is C[C@H]1[C@H](n2cc(-c3ccccc3)nn2)CC(C)(C)CN1Cc1ccccc1. The van der Waals surface area contributed by atoms with E-state index in [9.17, 15) is 0 Å². The van der Waals surface area contributed by atoms with Gasteiger partial charge in [0.15, 0.2) is 0 Å². The summed E-state index contributed by atoms with van der Waals surface area (Å²) in [5.74, 6) is 0. The summed E-state index contributed by atoms with van der Waals surface area (Å²) in [6.07, 6.45) is 3.22. The molecule has 0 saturated carbocycles. The fraction of sp³-hybridized carbons (Fsp3) is 0.391. The van der Waals surface area contributed by atoms with Gasteiger partial charge in [0.1, 0.15) is 5.69 Å². The molecular formula is C23H28N4. The summed E-state index contributed by atoms with van der Waals surface area (Å²) in [7, 11) is 0. The van der Waals surface area contributed by atoms with Gasteiger partial charge in [-0.2, -0.15) is 0 Å². The molecule has 1 fully saturated rings. The van der Waals surface area contributed by atoms with Gasteiger partial charge in [0.25, 0.3) is 0 Å². The summed E-state index contributed by atoms with van der Waals surface area (Å²) in [5.41, 5.74) is 3.67. The summed E-state index contributed by atoms with van der Waals surface area (Å²) < 4.78 is 2.09. The van der Waals surface area contributed by atoms with Gasteiger partial charge in [0.2, 0.25) is 0 Å². The second-order valence-corrected chi connectivity index (χ2v) is 8.52. The zero-order chi connectivity index (χ0) is 18.9. The van der Waals surface area contributed by atoms with Crippen LogP contribution in [0.1, 0.15) is 38.8 Å². The largest absolute Gasteiger partial charge is 0.294 e. The van der Waals surface area contributed by atoms with Crippen LogP contribution in [0, 0.1) is 5.41 Å². The molecule has 0 spiro atoms. The highest BCUT2D eigenvalue weighted by molar-refractivity contribution is 5.57. The first kappa shape index (κ1) is 17.9. The average molecular weight is 361 g/mol. The monoisotopic (exact) mass is 360 g/mol. The van der Waals surface area contributed by atoms with Crippen LogP contribution in [0.5, 0.6) is 0 Å². The maximum absolute atomic E-state index is 4.51. The Balaban J connectivity index is 1.59. The lowest BCUT2D eigenvalue weighted by Crippen LogP contribution is -2.50. The average Bonchev–Trinajstić information content (AvgIpc) is 3.16. The number of likely N-dealkylation sites (tertiary alicyclic amines) is 1. The van der Waals surface area contributed by atoms with Crippen LogP contribution in [0.25, 0.3) is 11.3 Å². The molecule has 1 aromatic heterocycles. The lowest BCUT2D eigenvalue weighted by atomic mass is 9.78. The molecule has 1 aliphatic heterocycles. The number of benzene rings is 2. The van der Waals surface area contributed by atoms with E-state index >= 15 is 0 Å². The van der Waals surface area contributed by atoms with Crippen molar-refractivity contribution >= 4 is 0 Å². The maximum Gasteiger partial charge on any atom is 0.113 e. The van der Waals surface area contributed by atoms with Crippen LogP contribution in [0.15, 0.2) is 66.9 Å². The van der Waals surface area contributed by atoms with E-state index < -0.39 is 0 Å². The molecule has 27 heavy (non-hydrogen) atoms. The van der Waals surface area contributed by atoms with Gasteiger partial charge < -0.3 is 0 Å². The number of hydrogen-bond acceptors (Lipinski definition) is 3. The van der Waals surface area contributed by atoms with Gasteiger partial charge in [-0.1, -0.05) is 79.7 Å². The Hall–Kier alpha value is -2.46. The van der Waals surface area contributed by atoms with Gasteiger partial charge in [0, 0.05) is 24.7 Å². The molecule has 2 atom stereocenters. The van der Waals surface area contributed by atoms with Crippen molar-refractivity contribution < 1.29 is 0 Å². The number of aromatic nitrogens is 3. The van der Waals surface area contributed by atoms with Crippen molar-refractivity contribution in [1.29, 1.82) is 0 Å². The van der Waals surface area contributed by atoms with E-state index in [-0.39, 0.29) is 5.41 Å². The molecule has 0 aliphatic carbocycles. The Kier molecular flexibility index (Phi) is 4.83. The fourth-order valence-electron chi connectivity index (χ4n) is 4.25. The van der Waals surface area contributed by atoms with Crippen molar-refractivity contribution in [3.8, 4) is 11.3 Å². The molecule has 4 rings (SSSR count). The van der Waals surface area contributed by atoms with Gasteiger partial charge in [-0.25, -0.2) is 4.68 Å². The number of hydrogen-bond donors (Lipinski definition) is 0. The first-order valence-corrected chi connectivity index (χ1v) is 9.77. The zero-order valence-corrected chi connectivity index (χ0v) is 16.4. The molecule has 0 unspecified atom stereocenters. The summed E-state index contributed by atoms with van der Waals surface area (Å²) >= 11 is 0. The van der Waals surface area contributed by atoms with Crippen molar-refractivity contribution in [1.82, 2.24) is 19.9 Å². The molecule has 4 heteroatoms. The predicted molar refractivity (Wildman–Crippen MR) is 109 cm³/mol. The van der Waals surface area contributed by atoms with Crippen LogP contribution in [0.4, 0.5) is 0 Å². The van der Waals surface area contributed by atoms with Crippen molar-refractivity contribution in [3.05, 3.63) is 72.4 Å². The molecule has 0 bridgehead atoms. The molecular weight excluding hydrogens is 332 g/mol. The zero-order valence-electron chi connectivity index (χ0n) is 16.4. The third kappa shape index (κ3) is 3.96. The molecule has 140 valence electrons. The highest BCUT2D eigenvalue weighted by Crippen LogP contribution is 2.39. The van der Waals surface area contributed by atoms with E-state index in [2.05, 4.69) is 89.3 Å². The summed E-state index contributed by atoms with van der Waals surface area (Å²) in [6.45, 7) is 9.12. The molecule has 2 aromatic carbocycles. The van der Waals surface area contributed by atoms with Gasteiger partial charge in [-0.15, -0.1) is 5.10 Å². The van der Waals surface area contributed by atoms with E-state index in [0.29, 0.717) is 12.1 Å². The second-order valence-electron chi connectivity index (χ2n) is 8.52. The Labute approximate surface area is 161 Å². The van der Waals surface area contributed by atoms with Crippen LogP contribution in [-0.4, -0.2) is 32.5 Å². The Morgan fingerprint density at radius 1 is 1.00 bits per heavy atom. The second kappa shape index (κ2) is 7.28. The molecule has 0 radical (unpaired) electrons. The first-order valence-electron chi connectivity index (χ1n) is 9.77. The molecule has 2 heterocycles. The van der Waals surface area contributed by atoms with E-state index in [1.165, 1.54) is 5.56 Å². The predicted octanol–water partition coefficient (Wildman–Crippen LogP) is 4.81. The highest BCUT2D eigenvalue weighted by Gasteiger charge is 2.39. The Morgan fingerprint density at radius 2 is 1.67 bits per heavy atom. The van der Waals surface area contributed by atoms with E-state index in [1.54, 1.807) is 0 Å². The van der Waals surface area contributed by atoms with E-state index in [1.807, 2.05) is 18.2 Å². The quantitative estimate of drug-likeness (QED) is 0.670. The Bertz CT molecular complexity index is 870. The fourth-order valence-corrected chi connectivity index (χ4v) is 4.25.